The van der Waals surface area contributed by atoms with E-state index >= 15 is 0 Å². The second-order valence-corrected chi connectivity index (χ2v) is 7.05. The van der Waals surface area contributed by atoms with Gasteiger partial charge in [-0.3, -0.25) is 19.4 Å². The quantitative estimate of drug-likeness (QED) is 0.754. The number of amides is 2. The molecule has 3 heterocycles. The summed E-state index contributed by atoms with van der Waals surface area (Å²) in [4.78, 5) is 35.5. The molecule has 2 amide bonds. The van der Waals surface area contributed by atoms with Gasteiger partial charge in [0.05, 0.1) is 12.5 Å². The Balaban J connectivity index is 1.34. The number of benzene rings is 1. The van der Waals surface area contributed by atoms with Crippen LogP contribution in [0.1, 0.15) is 12.0 Å². The van der Waals surface area contributed by atoms with Crippen molar-refractivity contribution >= 4 is 17.6 Å². The number of aromatic nitrogens is 1. The van der Waals surface area contributed by atoms with Crippen LogP contribution in [0.4, 0.5) is 5.82 Å². The lowest BCUT2D eigenvalue weighted by Gasteiger charge is -2.37. The number of hydrogen-bond acceptors (Lipinski definition) is 5. The molecule has 6 heteroatoms. The van der Waals surface area contributed by atoms with E-state index in [4.69, 9.17) is 0 Å². The molecule has 1 aromatic carbocycles. The van der Waals surface area contributed by atoms with Crippen molar-refractivity contribution in [2.24, 2.45) is 0 Å². The molecule has 1 aromatic heterocycles. The summed E-state index contributed by atoms with van der Waals surface area (Å²) < 4.78 is 0. The van der Waals surface area contributed by atoms with Gasteiger partial charge in [0.1, 0.15) is 5.82 Å². The molecule has 0 spiro atoms. The number of carbonyl (C=O) groups is 2. The van der Waals surface area contributed by atoms with Crippen molar-refractivity contribution in [3.63, 3.8) is 0 Å². The zero-order chi connectivity index (χ0) is 18.6. The monoisotopic (exact) mass is 364 g/mol. The fraction of sp³-hybridized carbons (Fsp3) is 0.381. The lowest BCUT2D eigenvalue weighted by molar-refractivity contribution is -0.139. The van der Waals surface area contributed by atoms with Gasteiger partial charge in [-0.15, -0.1) is 0 Å². The molecule has 6 nitrogen and oxygen atoms in total. The number of pyridine rings is 1. The van der Waals surface area contributed by atoms with Crippen LogP contribution in [0.15, 0.2) is 54.7 Å². The van der Waals surface area contributed by atoms with Crippen molar-refractivity contribution in [2.75, 3.05) is 37.6 Å². The molecule has 27 heavy (non-hydrogen) atoms. The number of carbonyl (C=O) groups excluding carboxylic acids is 2. The molecule has 2 saturated heterocycles. The lowest BCUT2D eigenvalue weighted by Crippen LogP contribution is -2.52. The van der Waals surface area contributed by atoms with Gasteiger partial charge in [0, 0.05) is 38.9 Å². The maximum Gasteiger partial charge on any atom is 0.247 e. The van der Waals surface area contributed by atoms with Crippen LogP contribution in [0.2, 0.25) is 0 Å². The van der Waals surface area contributed by atoms with Gasteiger partial charge in [0.15, 0.2) is 0 Å². The largest absolute Gasteiger partial charge is 0.354 e. The average Bonchev–Trinajstić information content (AvgIpc) is 3.01. The Hall–Kier alpha value is -2.73. The molecule has 2 fully saturated rings. The molecule has 0 saturated carbocycles. The Morgan fingerprint density at radius 1 is 0.926 bits per heavy atom. The molecular formula is C21H24N4O2. The second kappa shape index (κ2) is 7.88. The van der Waals surface area contributed by atoms with Gasteiger partial charge in [0.2, 0.25) is 11.8 Å². The topological polar surface area (TPSA) is 56.8 Å². The van der Waals surface area contributed by atoms with Crippen LogP contribution in [0, 0.1) is 0 Å². The van der Waals surface area contributed by atoms with E-state index in [1.54, 1.807) is 6.20 Å². The summed E-state index contributed by atoms with van der Waals surface area (Å²) in [6.07, 6.45) is 2.81. The summed E-state index contributed by atoms with van der Waals surface area (Å²) in [7, 11) is 0. The summed E-state index contributed by atoms with van der Waals surface area (Å²) in [6, 6.07) is 15.6. The van der Waals surface area contributed by atoms with Crippen molar-refractivity contribution in [1.82, 2.24) is 14.8 Å². The third kappa shape index (κ3) is 3.85. The first kappa shape index (κ1) is 17.7. The molecule has 2 aliphatic rings. The predicted octanol–water partition coefficient (Wildman–Crippen LogP) is 1.57. The Morgan fingerprint density at radius 3 is 2.37 bits per heavy atom. The second-order valence-electron chi connectivity index (χ2n) is 7.05. The predicted molar refractivity (Wildman–Crippen MR) is 103 cm³/mol. The van der Waals surface area contributed by atoms with Crippen LogP contribution in [-0.2, 0) is 16.0 Å². The van der Waals surface area contributed by atoms with Crippen LogP contribution >= 0.6 is 0 Å². The van der Waals surface area contributed by atoms with Crippen molar-refractivity contribution in [2.45, 2.75) is 18.9 Å². The smallest absolute Gasteiger partial charge is 0.247 e. The van der Waals surface area contributed by atoms with E-state index in [-0.39, 0.29) is 17.9 Å². The Bertz CT molecular complexity index is 788. The summed E-state index contributed by atoms with van der Waals surface area (Å²) >= 11 is 0. The fourth-order valence-electron chi connectivity index (χ4n) is 3.87. The van der Waals surface area contributed by atoms with E-state index in [1.165, 1.54) is 4.90 Å². The molecule has 0 unspecified atom stereocenters. The lowest BCUT2D eigenvalue weighted by atomic mass is 10.1. The highest BCUT2D eigenvalue weighted by molar-refractivity contribution is 6.05. The highest BCUT2D eigenvalue weighted by Crippen LogP contribution is 2.22. The molecule has 0 aliphatic carbocycles. The van der Waals surface area contributed by atoms with Gasteiger partial charge in [-0.2, -0.15) is 0 Å². The zero-order valence-corrected chi connectivity index (χ0v) is 15.3. The van der Waals surface area contributed by atoms with Crippen molar-refractivity contribution in [1.29, 1.82) is 0 Å². The molecule has 2 aliphatic heterocycles. The van der Waals surface area contributed by atoms with Crippen LogP contribution in [0.3, 0.4) is 0 Å². The van der Waals surface area contributed by atoms with Crippen molar-refractivity contribution in [3.05, 3.63) is 60.3 Å². The van der Waals surface area contributed by atoms with Crippen molar-refractivity contribution in [3.8, 4) is 0 Å². The Kier molecular flexibility index (Phi) is 5.16. The van der Waals surface area contributed by atoms with Crippen LogP contribution in [0.5, 0.6) is 0 Å². The van der Waals surface area contributed by atoms with Gasteiger partial charge in [-0.05, 0) is 24.1 Å². The van der Waals surface area contributed by atoms with E-state index in [9.17, 15) is 9.59 Å². The first-order chi connectivity index (χ1) is 13.2. The van der Waals surface area contributed by atoms with Gasteiger partial charge >= 0.3 is 0 Å². The summed E-state index contributed by atoms with van der Waals surface area (Å²) in [5, 5.41) is 0. The van der Waals surface area contributed by atoms with Gasteiger partial charge in [0.25, 0.3) is 0 Å². The molecule has 1 atom stereocenters. The number of hydrogen-bond donors (Lipinski definition) is 0. The average molecular weight is 364 g/mol. The number of imide groups is 1. The minimum Gasteiger partial charge on any atom is -0.354 e. The summed E-state index contributed by atoms with van der Waals surface area (Å²) in [5.41, 5.74) is 1.14. The maximum atomic E-state index is 12.8. The summed E-state index contributed by atoms with van der Waals surface area (Å²) in [6.45, 7) is 3.64. The van der Waals surface area contributed by atoms with Crippen molar-refractivity contribution < 1.29 is 9.59 Å². The van der Waals surface area contributed by atoms with Crippen LogP contribution < -0.4 is 4.90 Å². The molecule has 0 bridgehead atoms. The molecule has 2 aromatic rings. The normalized spacial score (nSPS) is 21.1. The first-order valence-electron chi connectivity index (χ1n) is 9.50. The fourth-order valence-corrected chi connectivity index (χ4v) is 3.87. The third-order valence-corrected chi connectivity index (χ3v) is 5.42. The number of anilines is 1. The number of nitrogens with zero attached hydrogens (tertiary/aromatic N) is 4. The highest BCUT2D eigenvalue weighted by Gasteiger charge is 2.42. The highest BCUT2D eigenvalue weighted by atomic mass is 16.2. The van der Waals surface area contributed by atoms with Gasteiger partial charge < -0.3 is 4.90 Å². The minimum atomic E-state index is -0.306. The Labute approximate surface area is 159 Å². The first-order valence-corrected chi connectivity index (χ1v) is 9.50. The number of rotatable bonds is 5. The van der Waals surface area contributed by atoms with Gasteiger partial charge in [-0.25, -0.2) is 4.98 Å². The maximum absolute atomic E-state index is 12.8. The molecule has 0 N–H and O–H groups in total. The molecule has 140 valence electrons. The van der Waals surface area contributed by atoms with Crippen LogP contribution in [0.25, 0.3) is 0 Å². The number of likely N-dealkylation sites (tertiary alicyclic amines) is 1. The molecular weight excluding hydrogens is 340 g/mol. The van der Waals surface area contributed by atoms with Gasteiger partial charge in [-0.1, -0.05) is 36.4 Å². The molecule has 4 rings (SSSR count). The van der Waals surface area contributed by atoms with Crippen LogP contribution in [-0.4, -0.2) is 65.4 Å². The standard InChI is InChI=1S/C21H24N4O2/c26-20-16-18(21(27)25(20)11-9-17-6-2-1-3-7-17)23-12-14-24(15-13-23)19-8-4-5-10-22-19/h1-8,10,18H,9,11-16H2/t18-/m0/s1. The van der Waals surface area contributed by atoms with E-state index in [1.807, 2.05) is 48.5 Å². The SMILES string of the molecule is O=C1C[C@H](N2CCN(c3ccccn3)CC2)C(=O)N1CCc1ccccc1. The third-order valence-electron chi connectivity index (χ3n) is 5.42. The van der Waals surface area contributed by atoms with E-state index in [2.05, 4.69) is 14.8 Å². The summed E-state index contributed by atoms with van der Waals surface area (Å²) in [5.74, 6) is 0.880. The molecule has 0 radical (unpaired) electrons. The Morgan fingerprint density at radius 2 is 1.67 bits per heavy atom. The van der Waals surface area contributed by atoms with E-state index in [0.717, 1.165) is 37.6 Å². The van der Waals surface area contributed by atoms with E-state index < -0.39 is 0 Å². The minimum absolute atomic E-state index is 0.0396. The zero-order valence-electron chi connectivity index (χ0n) is 15.3. The number of piperazine rings is 1. The van der Waals surface area contributed by atoms with E-state index in [0.29, 0.717) is 19.4 Å².